The minimum absolute atomic E-state index is 0.106. The predicted octanol–water partition coefficient (Wildman–Crippen LogP) is 3.21. The van der Waals surface area contributed by atoms with Crippen LogP contribution >= 0.6 is 0 Å². The van der Waals surface area contributed by atoms with Crippen LogP contribution in [0.1, 0.15) is 49.5 Å². The van der Waals surface area contributed by atoms with E-state index in [4.69, 9.17) is 5.26 Å². The molecule has 0 aromatic heterocycles. The maximum Gasteiger partial charge on any atom is 0.251 e. The molecule has 6 nitrogen and oxygen atoms in total. The molecule has 1 aromatic rings. The van der Waals surface area contributed by atoms with Crippen LogP contribution in [-0.4, -0.2) is 50.4 Å². The number of nitrogens with zero attached hydrogens (tertiary/aromatic N) is 2. The van der Waals surface area contributed by atoms with E-state index in [-0.39, 0.29) is 23.7 Å². The van der Waals surface area contributed by atoms with E-state index in [1.165, 1.54) is 5.57 Å². The summed E-state index contributed by atoms with van der Waals surface area (Å²) in [6, 6.07) is 8.74. The van der Waals surface area contributed by atoms with Crippen molar-refractivity contribution in [3.8, 4) is 6.07 Å². The highest BCUT2D eigenvalue weighted by atomic mass is 16.2. The third-order valence-electron chi connectivity index (χ3n) is 6.17. The standard InChI is InChI=1S/C25H36N4O2/c1-17(2)23-13-21(14-24(30)27-10-11-29(4)5)18(3)12-22(23)16-28-25(31)20-8-6-19(15-26)7-9-20/h6-9,12,17,21-23H,10-11,13-14,16H2,1-5H3,(H,27,30)(H,28,31). The summed E-state index contributed by atoms with van der Waals surface area (Å²) >= 11 is 0. The minimum Gasteiger partial charge on any atom is -0.355 e. The van der Waals surface area contributed by atoms with Crippen LogP contribution in [-0.2, 0) is 4.79 Å². The quantitative estimate of drug-likeness (QED) is 0.596. The molecule has 2 N–H and O–H groups in total. The van der Waals surface area contributed by atoms with E-state index in [9.17, 15) is 9.59 Å². The maximum absolute atomic E-state index is 12.5. The Kier molecular flexibility index (Phi) is 9.26. The van der Waals surface area contributed by atoms with Gasteiger partial charge in [0.15, 0.2) is 0 Å². The number of amides is 2. The highest BCUT2D eigenvalue weighted by molar-refractivity contribution is 5.94. The topological polar surface area (TPSA) is 85.2 Å². The number of hydrogen-bond acceptors (Lipinski definition) is 4. The van der Waals surface area contributed by atoms with Gasteiger partial charge in [0.25, 0.3) is 5.91 Å². The zero-order chi connectivity index (χ0) is 23.0. The fourth-order valence-corrected chi connectivity index (χ4v) is 4.23. The Balaban J connectivity index is 1.97. The highest BCUT2D eigenvalue weighted by Gasteiger charge is 2.32. The van der Waals surface area contributed by atoms with Crippen molar-refractivity contribution < 1.29 is 9.59 Å². The first-order valence-corrected chi connectivity index (χ1v) is 11.1. The second-order valence-electron chi connectivity index (χ2n) is 9.17. The molecular formula is C25H36N4O2. The fourth-order valence-electron chi connectivity index (χ4n) is 4.23. The molecule has 0 radical (unpaired) electrons. The number of allylic oxidation sites excluding steroid dienone is 1. The normalized spacial score (nSPS) is 20.8. The lowest BCUT2D eigenvalue weighted by Crippen LogP contribution is -2.38. The van der Waals surface area contributed by atoms with Crippen LogP contribution in [0.2, 0.25) is 0 Å². The Morgan fingerprint density at radius 1 is 1.19 bits per heavy atom. The maximum atomic E-state index is 12.5. The van der Waals surface area contributed by atoms with Gasteiger partial charge in [-0.2, -0.15) is 5.26 Å². The zero-order valence-electron chi connectivity index (χ0n) is 19.4. The second kappa shape index (κ2) is 11.7. The van der Waals surface area contributed by atoms with Crippen molar-refractivity contribution in [2.45, 2.75) is 33.6 Å². The van der Waals surface area contributed by atoms with Gasteiger partial charge in [-0.25, -0.2) is 0 Å². The van der Waals surface area contributed by atoms with Crippen molar-refractivity contribution in [1.82, 2.24) is 15.5 Å². The number of rotatable bonds is 9. The van der Waals surface area contributed by atoms with Crippen molar-refractivity contribution in [2.75, 3.05) is 33.7 Å². The molecule has 1 aromatic carbocycles. The Morgan fingerprint density at radius 2 is 1.87 bits per heavy atom. The Bertz CT molecular complexity index is 821. The summed E-state index contributed by atoms with van der Waals surface area (Å²) in [6.45, 7) is 8.59. The lowest BCUT2D eigenvalue weighted by atomic mass is 9.69. The van der Waals surface area contributed by atoms with Crippen LogP contribution < -0.4 is 10.6 Å². The lowest BCUT2D eigenvalue weighted by Gasteiger charge is -2.37. The third-order valence-corrected chi connectivity index (χ3v) is 6.17. The van der Waals surface area contributed by atoms with E-state index in [0.29, 0.717) is 42.5 Å². The molecule has 31 heavy (non-hydrogen) atoms. The molecule has 0 fully saturated rings. The molecule has 168 valence electrons. The summed E-state index contributed by atoms with van der Waals surface area (Å²) in [4.78, 5) is 27.0. The Morgan fingerprint density at radius 3 is 2.45 bits per heavy atom. The van der Waals surface area contributed by atoms with Crippen LogP contribution in [0.4, 0.5) is 0 Å². The molecule has 3 atom stereocenters. The predicted molar refractivity (Wildman–Crippen MR) is 123 cm³/mol. The summed E-state index contributed by atoms with van der Waals surface area (Å²) in [6.07, 6.45) is 3.73. The van der Waals surface area contributed by atoms with Crippen LogP contribution in [0.25, 0.3) is 0 Å². The molecule has 0 heterocycles. The van der Waals surface area contributed by atoms with Gasteiger partial charge in [0.1, 0.15) is 0 Å². The average Bonchev–Trinajstić information content (AvgIpc) is 2.73. The molecule has 2 amide bonds. The zero-order valence-corrected chi connectivity index (χ0v) is 19.4. The summed E-state index contributed by atoms with van der Waals surface area (Å²) < 4.78 is 0. The smallest absolute Gasteiger partial charge is 0.251 e. The molecule has 0 saturated heterocycles. The van der Waals surface area contributed by atoms with Crippen molar-refractivity contribution in [2.24, 2.45) is 23.7 Å². The van der Waals surface area contributed by atoms with Gasteiger partial charge < -0.3 is 15.5 Å². The summed E-state index contributed by atoms with van der Waals surface area (Å²) in [7, 11) is 3.99. The van der Waals surface area contributed by atoms with E-state index >= 15 is 0 Å². The van der Waals surface area contributed by atoms with Crippen LogP contribution in [0, 0.1) is 35.0 Å². The van der Waals surface area contributed by atoms with Gasteiger partial charge in [0.2, 0.25) is 5.91 Å². The Hall–Kier alpha value is -2.65. The van der Waals surface area contributed by atoms with Gasteiger partial charge >= 0.3 is 0 Å². The van der Waals surface area contributed by atoms with E-state index in [1.807, 2.05) is 14.1 Å². The van der Waals surface area contributed by atoms with Crippen LogP contribution in [0.3, 0.4) is 0 Å². The largest absolute Gasteiger partial charge is 0.355 e. The molecule has 3 unspecified atom stereocenters. The van der Waals surface area contributed by atoms with Crippen LogP contribution in [0.5, 0.6) is 0 Å². The summed E-state index contributed by atoms with van der Waals surface area (Å²) in [5.74, 6) is 1.34. The van der Waals surface area contributed by atoms with E-state index < -0.39 is 0 Å². The molecule has 0 saturated carbocycles. The third kappa shape index (κ3) is 7.52. The second-order valence-corrected chi connectivity index (χ2v) is 9.17. The molecule has 0 aliphatic heterocycles. The number of carbonyl (C=O) groups is 2. The number of likely N-dealkylation sites (N-methyl/N-ethyl adjacent to an activating group) is 1. The molecule has 1 aliphatic rings. The molecule has 0 spiro atoms. The number of hydrogen-bond donors (Lipinski definition) is 2. The van der Waals surface area contributed by atoms with Gasteiger partial charge in [-0.3, -0.25) is 9.59 Å². The number of carbonyl (C=O) groups excluding carboxylic acids is 2. The number of nitrogens with one attached hydrogen (secondary N) is 2. The molecule has 0 bridgehead atoms. The Labute approximate surface area is 186 Å². The lowest BCUT2D eigenvalue weighted by molar-refractivity contribution is -0.122. The molecular weight excluding hydrogens is 388 g/mol. The van der Waals surface area contributed by atoms with Gasteiger partial charge in [-0.1, -0.05) is 25.5 Å². The van der Waals surface area contributed by atoms with Crippen molar-refractivity contribution >= 4 is 11.8 Å². The van der Waals surface area contributed by atoms with Crippen molar-refractivity contribution in [1.29, 1.82) is 5.26 Å². The van der Waals surface area contributed by atoms with E-state index in [0.717, 1.165) is 13.0 Å². The monoisotopic (exact) mass is 424 g/mol. The molecule has 2 rings (SSSR count). The highest BCUT2D eigenvalue weighted by Crippen LogP contribution is 2.38. The molecule has 6 heteroatoms. The summed E-state index contributed by atoms with van der Waals surface area (Å²) in [5, 5.41) is 15.0. The summed E-state index contributed by atoms with van der Waals surface area (Å²) in [5.41, 5.74) is 2.33. The van der Waals surface area contributed by atoms with Crippen molar-refractivity contribution in [3.63, 3.8) is 0 Å². The average molecular weight is 425 g/mol. The first kappa shape index (κ1) is 24.6. The first-order chi connectivity index (χ1) is 14.7. The van der Waals surface area contributed by atoms with Crippen LogP contribution in [0.15, 0.2) is 35.9 Å². The minimum atomic E-state index is -0.125. The SMILES string of the molecule is CC1=CC(CNC(=O)c2ccc(C#N)cc2)C(C(C)C)CC1CC(=O)NCCN(C)C. The number of nitriles is 1. The van der Waals surface area contributed by atoms with Gasteiger partial charge in [0, 0.05) is 31.6 Å². The van der Waals surface area contributed by atoms with Gasteiger partial charge in [0.05, 0.1) is 11.6 Å². The fraction of sp³-hybridized carbons (Fsp3) is 0.560. The van der Waals surface area contributed by atoms with Gasteiger partial charge in [-0.15, -0.1) is 0 Å². The van der Waals surface area contributed by atoms with E-state index in [1.54, 1.807) is 24.3 Å². The van der Waals surface area contributed by atoms with Crippen molar-refractivity contribution in [3.05, 3.63) is 47.0 Å². The first-order valence-electron chi connectivity index (χ1n) is 11.1. The van der Waals surface area contributed by atoms with Gasteiger partial charge in [-0.05, 0) is 75.4 Å². The number of benzene rings is 1. The molecule has 1 aliphatic carbocycles. The van der Waals surface area contributed by atoms with E-state index in [2.05, 4.69) is 48.4 Å².